The van der Waals surface area contributed by atoms with Crippen LogP contribution in [0, 0.1) is 6.92 Å². The average Bonchev–Trinajstić information content (AvgIpc) is 3.04. The second-order valence-corrected chi connectivity index (χ2v) is 11.9. The Hall–Kier alpha value is -2.08. The highest BCUT2D eigenvalue weighted by Gasteiger charge is 2.25. The third kappa shape index (κ3) is 6.72. The second-order valence-electron chi connectivity index (χ2n) is 8.89. The minimum atomic E-state index is -3.59. The number of rotatable bonds is 7. The predicted molar refractivity (Wildman–Crippen MR) is 128 cm³/mol. The number of aliphatic hydroxyl groups is 1. The molecule has 2 aromatic rings. The van der Waals surface area contributed by atoms with E-state index in [4.69, 9.17) is 5.14 Å². The van der Waals surface area contributed by atoms with E-state index in [0.717, 1.165) is 11.3 Å². The molecule has 2 rings (SSSR count). The minimum Gasteiger partial charge on any atom is -0.435 e. The Bertz CT molecular complexity index is 1120. The van der Waals surface area contributed by atoms with Crippen LogP contribution in [0.1, 0.15) is 74.9 Å². The Balaban J connectivity index is 2.52. The molecule has 7 nitrogen and oxygen atoms in total. The number of hydrogen-bond acceptors (Lipinski definition) is 5. The SMILES string of the molecule is Cc1cc(C(C)(C)O)sc1[S@@](N)(=O)=NC(=O)Nc1c(C(C)C)cc(OC(F)F)cc1C(C)C. The van der Waals surface area contributed by atoms with Crippen LogP contribution in [-0.2, 0) is 15.5 Å². The summed E-state index contributed by atoms with van der Waals surface area (Å²) < 4.78 is 47.2. The maximum atomic E-state index is 13.1. The number of nitrogens with zero attached hydrogens (tertiary/aromatic N) is 1. The van der Waals surface area contributed by atoms with Gasteiger partial charge in [0.2, 0.25) is 0 Å². The molecular weight excluding hydrogens is 472 g/mol. The lowest BCUT2D eigenvalue weighted by atomic mass is 9.92. The van der Waals surface area contributed by atoms with Gasteiger partial charge in [0.05, 0.1) is 5.60 Å². The van der Waals surface area contributed by atoms with Crippen molar-refractivity contribution in [2.24, 2.45) is 9.50 Å². The monoisotopic (exact) mass is 503 g/mol. The summed E-state index contributed by atoms with van der Waals surface area (Å²) in [4.78, 5) is 13.3. The van der Waals surface area contributed by atoms with Crippen LogP contribution in [0.4, 0.5) is 19.3 Å². The molecule has 0 bridgehead atoms. The summed E-state index contributed by atoms with van der Waals surface area (Å²) in [6, 6.07) is 3.62. The third-order valence-corrected chi connectivity index (χ3v) is 8.43. The highest BCUT2D eigenvalue weighted by molar-refractivity contribution is 7.93. The third-order valence-electron chi connectivity index (χ3n) is 4.83. The quantitative estimate of drug-likeness (QED) is 0.426. The summed E-state index contributed by atoms with van der Waals surface area (Å²) >= 11 is 1.03. The fourth-order valence-corrected chi connectivity index (χ4v) is 5.90. The van der Waals surface area contributed by atoms with Crippen molar-refractivity contribution in [3.8, 4) is 5.75 Å². The van der Waals surface area contributed by atoms with Crippen LogP contribution in [0.25, 0.3) is 0 Å². The maximum absolute atomic E-state index is 13.1. The molecule has 33 heavy (non-hydrogen) atoms. The van der Waals surface area contributed by atoms with Crippen LogP contribution in [0.15, 0.2) is 26.8 Å². The smallest absolute Gasteiger partial charge is 0.387 e. The number of carbonyl (C=O) groups excluding carboxylic acids is 1. The van der Waals surface area contributed by atoms with Crippen molar-refractivity contribution in [3.63, 3.8) is 0 Å². The first-order chi connectivity index (χ1) is 15.0. The number of benzene rings is 1. The molecule has 0 spiro atoms. The van der Waals surface area contributed by atoms with E-state index in [1.165, 1.54) is 12.1 Å². The Morgan fingerprint density at radius 2 is 1.70 bits per heavy atom. The lowest BCUT2D eigenvalue weighted by Crippen LogP contribution is -2.19. The van der Waals surface area contributed by atoms with Gasteiger partial charge in [-0.15, -0.1) is 15.7 Å². The predicted octanol–water partition coefficient (Wildman–Crippen LogP) is 6.06. The van der Waals surface area contributed by atoms with E-state index in [1.807, 2.05) is 27.7 Å². The second kappa shape index (κ2) is 10.0. The van der Waals surface area contributed by atoms with Crippen molar-refractivity contribution >= 4 is 33.0 Å². The molecule has 0 fully saturated rings. The van der Waals surface area contributed by atoms with E-state index in [1.54, 1.807) is 26.8 Å². The Labute approximate surface area is 197 Å². The molecule has 0 saturated heterocycles. The topological polar surface area (TPSA) is 114 Å². The Morgan fingerprint density at radius 3 is 2.09 bits per heavy atom. The van der Waals surface area contributed by atoms with Gasteiger partial charge in [0.1, 0.15) is 9.96 Å². The number of urea groups is 1. The van der Waals surface area contributed by atoms with Gasteiger partial charge in [-0.05, 0) is 67.5 Å². The van der Waals surface area contributed by atoms with E-state index < -0.39 is 28.2 Å². The van der Waals surface area contributed by atoms with Crippen LogP contribution in [-0.4, -0.2) is 22.0 Å². The molecule has 11 heteroatoms. The summed E-state index contributed by atoms with van der Waals surface area (Å²) in [6.07, 6.45) is 0. The van der Waals surface area contributed by atoms with Crippen molar-refractivity contribution in [2.75, 3.05) is 5.32 Å². The fraction of sp³-hybridized carbons (Fsp3) is 0.500. The highest BCUT2D eigenvalue weighted by Crippen LogP contribution is 2.37. The fourth-order valence-electron chi connectivity index (χ4n) is 3.24. The zero-order valence-corrected chi connectivity index (χ0v) is 21.4. The number of halogens is 2. The van der Waals surface area contributed by atoms with E-state index in [2.05, 4.69) is 14.4 Å². The summed E-state index contributed by atoms with van der Waals surface area (Å²) in [5.41, 5.74) is 0.929. The van der Waals surface area contributed by atoms with E-state index in [-0.39, 0.29) is 21.8 Å². The van der Waals surface area contributed by atoms with Gasteiger partial charge in [-0.3, -0.25) is 0 Å². The van der Waals surface area contributed by atoms with Gasteiger partial charge in [0, 0.05) is 10.6 Å². The van der Waals surface area contributed by atoms with E-state index in [9.17, 15) is 22.9 Å². The summed E-state index contributed by atoms with van der Waals surface area (Å²) in [5, 5.41) is 18.8. The maximum Gasteiger partial charge on any atom is 0.387 e. The number of alkyl halides is 2. The summed E-state index contributed by atoms with van der Waals surface area (Å²) in [5.74, 6) is -0.298. The molecule has 0 aliphatic carbocycles. The average molecular weight is 504 g/mol. The van der Waals surface area contributed by atoms with Gasteiger partial charge in [-0.1, -0.05) is 27.7 Å². The van der Waals surface area contributed by atoms with Gasteiger partial charge in [-0.2, -0.15) is 8.78 Å². The first-order valence-corrected chi connectivity index (χ1v) is 12.7. The van der Waals surface area contributed by atoms with Crippen molar-refractivity contribution in [1.82, 2.24) is 0 Å². The van der Waals surface area contributed by atoms with Crippen LogP contribution < -0.4 is 15.2 Å². The zero-order chi connectivity index (χ0) is 25.3. The molecule has 0 unspecified atom stereocenters. The summed E-state index contributed by atoms with van der Waals surface area (Å²) in [6.45, 7) is 9.25. The van der Waals surface area contributed by atoms with Gasteiger partial charge in [0.15, 0.2) is 9.92 Å². The van der Waals surface area contributed by atoms with Crippen molar-refractivity contribution < 1.29 is 27.6 Å². The van der Waals surface area contributed by atoms with Crippen molar-refractivity contribution in [3.05, 3.63) is 39.8 Å². The number of aryl methyl sites for hydroxylation is 1. The molecule has 1 heterocycles. The number of hydrogen-bond donors (Lipinski definition) is 3. The number of thiophene rings is 1. The number of nitrogens with one attached hydrogen (secondary N) is 1. The lowest BCUT2D eigenvalue weighted by Gasteiger charge is -2.21. The summed E-state index contributed by atoms with van der Waals surface area (Å²) in [7, 11) is -3.59. The van der Waals surface area contributed by atoms with Crippen LogP contribution >= 0.6 is 11.3 Å². The number of amides is 2. The van der Waals surface area contributed by atoms with E-state index >= 15 is 0 Å². The standard InChI is InChI=1S/C22H31F2N3O4S2/c1-11(2)15-9-14(31-20(23)24)10-16(12(3)4)18(15)26-21(28)27-33(25,30)19-13(5)8-17(32-19)22(6,7)29/h8-12,20,29H,1-7H3,(H3,25,26,27,28,30)/t33-/m0/s1. The number of nitrogens with two attached hydrogens (primary N) is 1. The number of anilines is 1. The first-order valence-electron chi connectivity index (χ1n) is 10.3. The minimum absolute atomic E-state index is 0.0108. The van der Waals surface area contributed by atoms with Gasteiger partial charge in [-0.25, -0.2) is 14.1 Å². The Morgan fingerprint density at radius 1 is 1.18 bits per heavy atom. The molecule has 0 radical (unpaired) electrons. The van der Waals surface area contributed by atoms with Gasteiger partial charge < -0.3 is 15.2 Å². The Kier molecular flexibility index (Phi) is 8.27. The lowest BCUT2D eigenvalue weighted by molar-refractivity contribution is -0.0499. The van der Waals surface area contributed by atoms with Gasteiger partial charge >= 0.3 is 12.6 Å². The molecular formula is C22H31F2N3O4S2. The molecule has 2 amide bonds. The number of carbonyl (C=O) groups is 1. The molecule has 4 N–H and O–H groups in total. The zero-order valence-electron chi connectivity index (χ0n) is 19.7. The van der Waals surface area contributed by atoms with Crippen LogP contribution in [0.2, 0.25) is 0 Å². The first kappa shape index (κ1) is 27.2. The number of ether oxygens (including phenoxy) is 1. The van der Waals surface area contributed by atoms with Gasteiger partial charge in [0.25, 0.3) is 0 Å². The molecule has 184 valence electrons. The molecule has 0 aliphatic rings. The van der Waals surface area contributed by atoms with Crippen molar-refractivity contribution in [2.45, 2.75) is 76.7 Å². The molecule has 0 aliphatic heterocycles. The molecule has 1 aromatic heterocycles. The largest absolute Gasteiger partial charge is 0.435 e. The van der Waals surface area contributed by atoms with Crippen molar-refractivity contribution in [1.29, 1.82) is 0 Å². The molecule has 1 aromatic carbocycles. The normalized spacial score (nSPS) is 14.0. The molecule has 0 saturated carbocycles. The van der Waals surface area contributed by atoms with Crippen LogP contribution in [0.3, 0.4) is 0 Å². The molecule has 1 atom stereocenters. The van der Waals surface area contributed by atoms with Crippen LogP contribution in [0.5, 0.6) is 5.75 Å². The van der Waals surface area contributed by atoms with E-state index in [0.29, 0.717) is 27.3 Å². The highest BCUT2D eigenvalue weighted by atomic mass is 32.2.